The third-order valence-electron chi connectivity index (χ3n) is 2.90. The average molecular weight is 249 g/mol. The summed E-state index contributed by atoms with van der Waals surface area (Å²) < 4.78 is 2.32. The molecule has 2 rings (SSSR count). The van der Waals surface area contributed by atoms with E-state index in [1.807, 2.05) is 5.51 Å². The van der Waals surface area contributed by atoms with Gasteiger partial charge in [0, 0.05) is 36.3 Å². The molecule has 0 bridgehead atoms. The zero-order valence-electron chi connectivity index (χ0n) is 10.4. The van der Waals surface area contributed by atoms with E-state index in [-0.39, 0.29) is 0 Å². The lowest BCUT2D eigenvalue weighted by molar-refractivity contribution is 0.622. The van der Waals surface area contributed by atoms with E-state index in [2.05, 4.69) is 47.0 Å². The molecule has 17 heavy (non-hydrogen) atoms. The molecule has 2 heterocycles. The molecular weight excluding hydrogens is 230 g/mol. The maximum Gasteiger partial charge on any atom is 0.0797 e. The van der Waals surface area contributed by atoms with Crippen LogP contribution in [0.25, 0.3) is 0 Å². The van der Waals surface area contributed by atoms with E-state index in [1.54, 1.807) is 11.3 Å². The lowest BCUT2D eigenvalue weighted by Gasteiger charge is -2.09. The van der Waals surface area contributed by atoms with Gasteiger partial charge in [-0.25, -0.2) is 4.98 Å². The van der Waals surface area contributed by atoms with Crippen molar-refractivity contribution in [1.82, 2.24) is 14.9 Å². The Morgan fingerprint density at radius 2 is 2.35 bits per heavy atom. The van der Waals surface area contributed by atoms with Crippen LogP contribution in [0.3, 0.4) is 0 Å². The molecule has 0 aliphatic heterocycles. The first-order valence-electron chi connectivity index (χ1n) is 6.05. The number of thiazole rings is 1. The number of nitrogens with zero attached hydrogens (tertiary/aromatic N) is 2. The van der Waals surface area contributed by atoms with Gasteiger partial charge in [-0.05, 0) is 25.6 Å². The summed E-state index contributed by atoms with van der Waals surface area (Å²) in [5.41, 5.74) is 4.46. The molecule has 0 aromatic carbocycles. The Morgan fingerprint density at radius 1 is 1.47 bits per heavy atom. The summed E-state index contributed by atoms with van der Waals surface area (Å²) in [4.78, 5) is 5.68. The van der Waals surface area contributed by atoms with Gasteiger partial charge in [0.15, 0.2) is 0 Å². The molecule has 3 nitrogen and oxygen atoms in total. The Labute approximate surface area is 107 Å². The SMILES string of the molecule is CCNCc1cccn1CCc1scnc1C. The van der Waals surface area contributed by atoms with Crippen molar-refractivity contribution >= 4 is 11.3 Å². The van der Waals surface area contributed by atoms with Gasteiger partial charge in [-0.2, -0.15) is 0 Å². The maximum absolute atomic E-state index is 4.29. The van der Waals surface area contributed by atoms with Crippen molar-refractivity contribution < 1.29 is 0 Å². The number of hydrogen-bond acceptors (Lipinski definition) is 3. The van der Waals surface area contributed by atoms with Crippen LogP contribution in [-0.2, 0) is 19.5 Å². The number of aromatic nitrogens is 2. The van der Waals surface area contributed by atoms with E-state index >= 15 is 0 Å². The molecule has 0 unspecified atom stereocenters. The summed E-state index contributed by atoms with van der Waals surface area (Å²) in [6.07, 6.45) is 3.23. The van der Waals surface area contributed by atoms with Crippen molar-refractivity contribution in [3.05, 3.63) is 40.1 Å². The van der Waals surface area contributed by atoms with Crippen molar-refractivity contribution in [3.8, 4) is 0 Å². The lowest BCUT2D eigenvalue weighted by atomic mass is 10.3. The fourth-order valence-electron chi connectivity index (χ4n) is 1.87. The molecule has 0 amide bonds. The Hall–Kier alpha value is -1.13. The Morgan fingerprint density at radius 3 is 3.06 bits per heavy atom. The van der Waals surface area contributed by atoms with Gasteiger partial charge in [0.05, 0.1) is 11.2 Å². The molecule has 0 spiro atoms. The van der Waals surface area contributed by atoms with E-state index < -0.39 is 0 Å². The van der Waals surface area contributed by atoms with Crippen LogP contribution in [0.5, 0.6) is 0 Å². The standard InChI is InChI=1S/C13H19N3S/c1-3-14-9-12-5-4-7-16(12)8-6-13-11(2)15-10-17-13/h4-5,7,10,14H,3,6,8-9H2,1-2H3. The Balaban J connectivity index is 1.95. The minimum Gasteiger partial charge on any atom is -0.350 e. The molecular formula is C13H19N3S. The number of rotatable bonds is 6. The third kappa shape index (κ3) is 3.17. The predicted octanol–water partition coefficient (Wildman–Crippen LogP) is 2.61. The minimum atomic E-state index is 0.950. The van der Waals surface area contributed by atoms with Crippen molar-refractivity contribution in [3.63, 3.8) is 0 Å². The van der Waals surface area contributed by atoms with E-state index in [9.17, 15) is 0 Å². The summed E-state index contributed by atoms with van der Waals surface area (Å²) in [6.45, 7) is 7.22. The zero-order chi connectivity index (χ0) is 12.1. The Bertz CT molecular complexity index is 459. The van der Waals surface area contributed by atoms with Gasteiger partial charge < -0.3 is 9.88 Å². The van der Waals surface area contributed by atoms with Gasteiger partial charge >= 0.3 is 0 Å². The van der Waals surface area contributed by atoms with Gasteiger partial charge in [0.2, 0.25) is 0 Å². The van der Waals surface area contributed by atoms with Crippen molar-refractivity contribution in [2.75, 3.05) is 6.54 Å². The van der Waals surface area contributed by atoms with Crippen LogP contribution in [0, 0.1) is 6.92 Å². The normalized spacial score (nSPS) is 10.9. The van der Waals surface area contributed by atoms with Crippen molar-refractivity contribution in [1.29, 1.82) is 0 Å². The monoisotopic (exact) mass is 249 g/mol. The summed E-state index contributed by atoms with van der Waals surface area (Å²) in [6, 6.07) is 4.30. The first-order valence-corrected chi connectivity index (χ1v) is 6.93. The van der Waals surface area contributed by atoms with Crippen LogP contribution in [-0.4, -0.2) is 16.1 Å². The van der Waals surface area contributed by atoms with Gasteiger partial charge in [-0.3, -0.25) is 0 Å². The molecule has 92 valence electrons. The van der Waals surface area contributed by atoms with Gasteiger partial charge in [0.25, 0.3) is 0 Å². The molecule has 0 aliphatic rings. The summed E-state index contributed by atoms with van der Waals surface area (Å²) in [7, 11) is 0. The molecule has 0 atom stereocenters. The van der Waals surface area contributed by atoms with E-state index in [0.29, 0.717) is 0 Å². The molecule has 0 saturated carbocycles. The van der Waals surface area contributed by atoms with Gasteiger partial charge in [-0.15, -0.1) is 11.3 Å². The highest BCUT2D eigenvalue weighted by Crippen LogP contribution is 2.14. The highest BCUT2D eigenvalue weighted by molar-refractivity contribution is 7.09. The maximum atomic E-state index is 4.29. The first kappa shape index (κ1) is 12.3. The fraction of sp³-hybridized carbons (Fsp3) is 0.462. The van der Waals surface area contributed by atoms with E-state index in [4.69, 9.17) is 0 Å². The second-order valence-corrected chi connectivity index (χ2v) is 5.02. The van der Waals surface area contributed by atoms with Crippen LogP contribution in [0.4, 0.5) is 0 Å². The molecule has 0 radical (unpaired) electrons. The van der Waals surface area contributed by atoms with Crippen LogP contribution in [0.15, 0.2) is 23.8 Å². The molecule has 4 heteroatoms. The van der Waals surface area contributed by atoms with Crippen LogP contribution >= 0.6 is 11.3 Å². The minimum absolute atomic E-state index is 0.950. The topological polar surface area (TPSA) is 29.9 Å². The van der Waals surface area contributed by atoms with Gasteiger partial charge in [0.1, 0.15) is 0 Å². The first-order chi connectivity index (χ1) is 8.31. The molecule has 2 aromatic rings. The largest absolute Gasteiger partial charge is 0.350 e. The molecule has 2 aromatic heterocycles. The molecule has 0 aliphatic carbocycles. The fourth-order valence-corrected chi connectivity index (χ4v) is 2.64. The Kier molecular flexibility index (Phi) is 4.34. The molecule has 1 N–H and O–H groups in total. The lowest BCUT2D eigenvalue weighted by Crippen LogP contribution is -2.15. The summed E-state index contributed by atoms with van der Waals surface area (Å²) in [5.74, 6) is 0. The second-order valence-electron chi connectivity index (χ2n) is 4.08. The van der Waals surface area contributed by atoms with Crippen molar-refractivity contribution in [2.45, 2.75) is 33.4 Å². The third-order valence-corrected chi connectivity index (χ3v) is 3.90. The number of nitrogens with one attached hydrogen (secondary N) is 1. The smallest absolute Gasteiger partial charge is 0.0797 e. The highest BCUT2D eigenvalue weighted by Gasteiger charge is 2.04. The number of hydrogen-bond donors (Lipinski definition) is 1. The molecule has 0 saturated heterocycles. The summed E-state index contributed by atoms with van der Waals surface area (Å²) >= 11 is 1.76. The quantitative estimate of drug-likeness (QED) is 0.853. The number of aryl methyl sites for hydroxylation is 3. The molecule has 0 fully saturated rings. The van der Waals surface area contributed by atoms with E-state index in [1.165, 1.54) is 16.3 Å². The van der Waals surface area contributed by atoms with Crippen molar-refractivity contribution in [2.24, 2.45) is 0 Å². The average Bonchev–Trinajstić information content (AvgIpc) is 2.93. The van der Waals surface area contributed by atoms with Crippen LogP contribution in [0.1, 0.15) is 23.2 Å². The summed E-state index contributed by atoms with van der Waals surface area (Å²) in [5, 5.41) is 3.37. The van der Waals surface area contributed by atoms with Crippen LogP contribution < -0.4 is 5.32 Å². The highest BCUT2D eigenvalue weighted by atomic mass is 32.1. The van der Waals surface area contributed by atoms with E-state index in [0.717, 1.165) is 26.1 Å². The second kappa shape index (κ2) is 5.98. The van der Waals surface area contributed by atoms with Crippen LogP contribution in [0.2, 0.25) is 0 Å². The zero-order valence-corrected chi connectivity index (χ0v) is 11.3. The van der Waals surface area contributed by atoms with Gasteiger partial charge in [-0.1, -0.05) is 6.92 Å². The predicted molar refractivity (Wildman–Crippen MR) is 72.4 cm³/mol.